The van der Waals surface area contributed by atoms with Crippen molar-refractivity contribution in [1.82, 2.24) is 5.32 Å². The molecule has 1 atom stereocenters. The van der Waals surface area contributed by atoms with E-state index < -0.39 is 11.5 Å². The zero-order chi connectivity index (χ0) is 15.7. The quantitative estimate of drug-likeness (QED) is 0.715. The summed E-state index contributed by atoms with van der Waals surface area (Å²) in [5, 5.41) is 11.5. The third kappa shape index (κ3) is 6.87. The minimum Gasteiger partial charge on any atom is -0.481 e. The van der Waals surface area contributed by atoms with Crippen LogP contribution in [-0.4, -0.2) is 42.8 Å². The lowest BCUT2D eigenvalue weighted by Crippen LogP contribution is -2.51. The first-order chi connectivity index (χ1) is 9.95. The van der Waals surface area contributed by atoms with E-state index in [4.69, 9.17) is 14.6 Å². The Bertz CT molecular complexity index is 462. The molecule has 1 rings (SSSR count). The Balaban J connectivity index is 2.41. The average molecular weight is 295 g/mol. The molecule has 0 saturated heterocycles. The van der Waals surface area contributed by atoms with Gasteiger partial charge in [0.25, 0.3) is 0 Å². The van der Waals surface area contributed by atoms with E-state index in [0.29, 0.717) is 6.61 Å². The maximum Gasteiger partial charge on any atom is 0.305 e. The van der Waals surface area contributed by atoms with Gasteiger partial charge in [-0.25, -0.2) is 0 Å². The molecule has 6 heteroatoms. The number of aliphatic carboxylic acids is 1. The first kappa shape index (κ1) is 17.1. The number of benzene rings is 1. The van der Waals surface area contributed by atoms with Gasteiger partial charge in [0.2, 0.25) is 5.91 Å². The van der Waals surface area contributed by atoms with Crippen molar-refractivity contribution in [2.45, 2.75) is 25.5 Å². The van der Waals surface area contributed by atoms with Crippen LogP contribution in [0.3, 0.4) is 0 Å². The summed E-state index contributed by atoms with van der Waals surface area (Å²) in [6.45, 7) is 1.94. The second-order valence-corrected chi connectivity index (χ2v) is 5.09. The number of carbonyl (C=O) groups excluding carboxylic acids is 1. The number of hydrogen-bond donors (Lipinski definition) is 2. The predicted octanol–water partition coefficient (Wildman–Crippen LogP) is 1.20. The van der Waals surface area contributed by atoms with Crippen LogP contribution in [-0.2, 0) is 25.7 Å². The lowest BCUT2D eigenvalue weighted by atomic mass is 9.99. The third-order valence-corrected chi connectivity index (χ3v) is 2.79. The summed E-state index contributed by atoms with van der Waals surface area (Å²) < 4.78 is 10.3. The summed E-state index contributed by atoms with van der Waals surface area (Å²) in [5.74, 6) is -1.37. The topological polar surface area (TPSA) is 84.9 Å². The van der Waals surface area contributed by atoms with E-state index in [1.165, 1.54) is 7.11 Å². The van der Waals surface area contributed by atoms with Crippen molar-refractivity contribution in [3.63, 3.8) is 0 Å². The highest BCUT2D eigenvalue weighted by atomic mass is 16.5. The maximum atomic E-state index is 11.8. The number of ether oxygens (including phenoxy) is 2. The molecule has 1 amide bonds. The molecule has 116 valence electrons. The Morgan fingerprint density at radius 3 is 2.52 bits per heavy atom. The van der Waals surface area contributed by atoms with Crippen LogP contribution in [0.5, 0.6) is 0 Å². The Labute approximate surface area is 124 Å². The molecule has 6 nitrogen and oxygen atoms in total. The molecule has 0 heterocycles. The van der Waals surface area contributed by atoms with Crippen LogP contribution in [0.2, 0.25) is 0 Å². The number of carboxylic acids is 1. The number of rotatable bonds is 9. The normalized spacial score (nSPS) is 13.4. The van der Waals surface area contributed by atoms with Crippen LogP contribution in [0.15, 0.2) is 30.3 Å². The molecule has 21 heavy (non-hydrogen) atoms. The Morgan fingerprint density at radius 1 is 1.29 bits per heavy atom. The molecule has 0 fully saturated rings. The number of nitrogens with one attached hydrogen (secondary N) is 1. The number of methoxy groups -OCH3 is 1. The van der Waals surface area contributed by atoms with Crippen LogP contribution in [0.25, 0.3) is 0 Å². The van der Waals surface area contributed by atoms with Gasteiger partial charge >= 0.3 is 5.97 Å². The summed E-state index contributed by atoms with van der Waals surface area (Å²) >= 11 is 0. The van der Waals surface area contributed by atoms with Gasteiger partial charge in [-0.3, -0.25) is 9.59 Å². The smallest absolute Gasteiger partial charge is 0.305 e. The second kappa shape index (κ2) is 8.39. The van der Waals surface area contributed by atoms with E-state index in [-0.39, 0.29) is 25.5 Å². The number of carbonyl (C=O) groups is 2. The fourth-order valence-electron chi connectivity index (χ4n) is 1.99. The first-order valence-electron chi connectivity index (χ1n) is 6.58. The zero-order valence-corrected chi connectivity index (χ0v) is 12.3. The summed E-state index contributed by atoms with van der Waals surface area (Å²) in [4.78, 5) is 22.7. The molecule has 0 aliphatic carbocycles. The lowest BCUT2D eigenvalue weighted by molar-refractivity contribution is -0.140. The van der Waals surface area contributed by atoms with Gasteiger partial charge in [-0.1, -0.05) is 30.3 Å². The second-order valence-electron chi connectivity index (χ2n) is 5.09. The van der Waals surface area contributed by atoms with Gasteiger partial charge in [-0.15, -0.1) is 0 Å². The summed E-state index contributed by atoms with van der Waals surface area (Å²) in [5.41, 5.74) is 0.0174. The average Bonchev–Trinajstić information content (AvgIpc) is 2.38. The molecule has 0 aromatic heterocycles. The molecule has 1 aromatic carbocycles. The maximum absolute atomic E-state index is 11.8. The fourth-order valence-corrected chi connectivity index (χ4v) is 1.99. The Hall–Kier alpha value is -1.92. The van der Waals surface area contributed by atoms with E-state index in [2.05, 4.69) is 5.32 Å². The third-order valence-electron chi connectivity index (χ3n) is 2.79. The summed E-state index contributed by atoms with van der Waals surface area (Å²) in [7, 11) is 1.46. The van der Waals surface area contributed by atoms with Crippen molar-refractivity contribution in [2.75, 3.05) is 20.3 Å². The van der Waals surface area contributed by atoms with Gasteiger partial charge in [0.05, 0.1) is 25.2 Å². The van der Waals surface area contributed by atoms with Crippen molar-refractivity contribution in [3.8, 4) is 0 Å². The Morgan fingerprint density at radius 2 is 1.95 bits per heavy atom. The first-order valence-corrected chi connectivity index (χ1v) is 6.58. The van der Waals surface area contributed by atoms with E-state index >= 15 is 0 Å². The molecule has 1 aromatic rings. The highest BCUT2D eigenvalue weighted by Crippen LogP contribution is 2.10. The van der Waals surface area contributed by atoms with Gasteiger partial charge in [0.15, 0.2) is 0 Å². The van der Waals surface area contributed by atoms with Crippen LogP contribution in [0.1, 0.15) is 18.9 Å². The highest BCUT2D eigenvalue weighted by Gasteiger charge is 2.29. The van der Waals surface area contributed by atoms with Crippen LogP contribution in [0.4, 0.5) is 0 Å². The molecule has 0 aliphatic heterocycles. The minimum absolute atomic E-state index is 0.115. The molecule has 1 unspecified atom stereocenters. The van der Waals surface area contributed by atoms with Crippen LogP contribution < -0.4 is 5.32 Å². The molecule has 0 saturated carbocycles. The SMILES string of the molecule is COCC(C)(CC(=O)O)NC(=O)COCc1ccccc1. The number of hydrogen-bond acceptors (Lipinski definition) is 4. The summed E-state index contributed by atoms with van der Waals surface area (Å²) in [6, 6.07) is 9.48. The predicted molar refractivity (Wildman–Crippen MR) is 76.8 cm³/mol. The van der Waals surface area contributed by atoms with E-state index in [9.17, 15) is 9.59 Å². The fraction of sp³-hybridized carbons (Fsp3) is 0.467. The molecule has 0 spiro atoms. The van der Waals surface area contributed by atoms with Crippen molar-refractivity contribution < 1.29 is 24.2 Å². The van der Waals surface area contributed by atoms with Crippen LogP contribution >= 0.6 is 0 Å². The summed E-state index contributed by atoms with van der Waals surface area (Å²) in [6.07, 6.45) is -0.217. The molecular formula is C15H21NO5. The number of amides is 1. The van der Waals surface area contributed by atoms with Gasteiger partial charge in [0, 0.05) is 7.11 Å². The van der Waals surface area contributed by atoms with Gasteiger partial charge in [0.1, 0.15) is 6.61 Å². The van der Waals surface area contributed by atoms with Gasteiger partial charge in [-0.2, -0.15) is 0 Å². The van der Waals surface area contributed by atoms with E-state index in [1.54, 1.807) is 6.92 Å². The lowest BCUT2D eigenvalue weighted by Gasteiger charge is -2.28. The van der Waals surface area contributed by atoms with E-state index in [1.807, 2.05) is 30.3 Å². The standard InChI is InChI=1S/C15H21NO5/c1-15(11-20-2,8-14(18)19)16-13(17)10-21-9-12-6-4-3-5-7-12/h3-7H,8-11H2,1-2H3,(H,16,17)(H,18,19). The monoisotopic (exact) mass is 295 g/mol. The largest absolute Gasteiger partial charge is 0.481 e. The Kier molecular flexibility index (Phi) is 6.84. The van der Waals surface area contributed by atoms with Gasteiger partial charge < -0.3 is 19.9 Å². The number of carboxylic acid groups (broad SMARTS) is 1. The van der Waals surface area contributed by atoms with Gasteiger partial charge in [-0.05, 0) is 12.5 Å². The molecule has 0 bridgehead atoms. The molecular weight excluding hydrogens is 274 g/mol. The minimum atomic E-state index is -1.000. The highest BCUT2D eigenvalue weighted by molar-refractivity contribution is 5.79. The van der Waals surface area contributed by atoms with Crippen molar-refractivity contribution in [1.29, 1.82) is 0 Å². The van der Waals surface area contributed by atoms with E-state index in [0.717, 1.165) is 5.56 Å². The van der Waals surface area contributed by atoms with Crippen molar-refractivity contribution >= 4 is 11.9 Å². The molecule has 2 N–H and O–H groups in total. The van der Waals surface area contributed by atoms with Crippen LogP contribution in [0, 0.1) is 0 Å². The van der Waals surface area contributed by atoms with Crippen molar-refractivity contribution in [2.24, 2.45) is 0 Å². The molecule has 0 aliphatic rings. The molecule has 0 radical (unpaired) electrons. The zero-order valence-electron chi connectivity index (χ0n) is 12.3. The van der Waals surface area contributed by atoms with Crippen molar-refractivity contribution in [3.05, 3.63) is 35.9 Å².